The van der Waals surface area contributed by atoms with E-state index in [9.17, 15) is 8.42 Å². The highest BCUT2D eigenvalue weighted by Gasteiger charge is 2.29. The maximum atomic E-state index is 11.8. The van der Waals surface area contributed by atoms with Crippen molar-refractivity contribution >= 4 is 27.4 Å². The molecule has 0 aliphatic carbocycles. The average molecular weight is 497 g/mol. The largest absolute Gasteiger partial charge is 0.281 e. The molecule has 34 heavy (non-hydrogen) atoms. The van der Waals surface area contributed by atoms with Crippen molar-refractivity contribution in [3.63, 3.8) is 0 Å². The lowest BCUT2D eigenvalue weighted by molar-refractivity contribution is 0.292. The molecule has 0 fully saturated rings. The Morgan fingerprint density at radius 3 is 2.47 bits per heavy atom. The van der Waals surface area contributed by atoms with E-state index in [1.54, 1.807) is 23.0 Å². The van der Waals surface area contributed by atoms with Crippen molar-refractivity contribution in [1.29, 1.82) is 0 Å². The summed E-state index contributed by atoms with van der Waals surface area (Å²) >= 11 is 6.14. The summed E-state index contributed by atoms with van der Waals surface area (Å²) in [6.07, 6.45) is 4.75. The third-order valence-electron chi connectivity index (χ3n) is 5.52. The minimum atomic E-state index is -3.68. The summed E-state index contributed by atoms with van der Waals surface area (Å²) in [5, 5.41) is 13.4. The smallest absolute Gasteiger partial charge is 0.264 e. The van der Waals surface area contributed by atoms with Gasteiger partial charge in [-0.2, -0.15) is 13.5 Å². The summed E-state index contributed by atoms with van der Waals surface area (Å²) < 4.78 is 32.3. The lowest BCUT2D eigenvalue weighted by Gasteiger charge is -2.14. The van der Waals surface area contributed by atoms with Gasteiger partial charge in [0.15, 0.2) is 5.82 Å². The van der Waals surface area contributed by atoms with Crippen molar-refractivity contribution in [3.05, 3.63) is 82.7 Å². The summed E-state index contributed by atoms with van der Waals surface area (Å²) in [7, 11) is -1.81. The second kappa shape index (κ2) is 8.46. The van der Waals surface area contributed by atoms with E-state index in [-0.39, 0.29) is 6.61 Å². The van der Waals surface area contributed by atoms with E-state index in [1.807, 2.05) is 55.1 Å². The Bertz CT molecular complexity index is 1520. The summed E-state index contributed by atoms with van der Waals surface area (Å²) in [5.74, 6) is 1.16. The van der Waals surface area contributed by atoms with E-state index in [0.717, 1.165) is 34.2 Å². The fourth-order valence-corrected chi connectivity index (χ4v) is 4.49. The third kappa shape index (κ3) is 4.27. The molecule has 174 valence electrons. The number of benzene rings is 2. The van der Waals surface area contributed by atoms with Gasteiger partial charge in [-0.25, -0.2) is 0 Å². The van der Waals surface area contributed by atoms with Crippen molar-refractivity contribution < 1.29 is 12.6 Å². The van der Waals surface area contributed by atoms with E-state index in [2.05, 4.69) is 15.3 Å². The Hall–Kier alpha value is -3.34. The number of fused-ring (bicyclic) bond motifs is 3. The second-order valence-electron chi connectivity index (χ2n) is 8.06. The molecule has 0 bridgehead atoms. The van der Waals surface area contributed by atoms with Crippen LogP contribution >= 0.6 is 11.6 Å². The summed E-state index contributed by atoms with van der Waals surface area (Å²) in [5.41, 5.74) is 5.10. The van der Waals surface area contributed by atoms with Crippen LogP contribution < -0.4 is 0 Å². The van der Waals surface area contributed by atoms with E-state index in [0.29, 0.717) is 22.4 Å². The van der Waals surface area contributed by atoms with Crippen LogP contribution in [0.2, 0.25) is 5.02 Å². The number of halogens is 1. The van der Waals surface area contributed by atoms with Gasteiger partial charge in [-0.15, -0.1) is 10.2 Å². The number of hydrogen-bond acceptors (Lipinski definition) is 7. The van der Waals surface area contributed by atoms with Crippen LogP contribution in [0.25, 0.3) is 16.8 Å². The van der Waals surface area contributed by atoms with E-state index in [1.165, 1.54) is 0 Å². The molecule has 3 heterocycles. The van der Waals surface area contributed by atoms with E-state index < -0.39 is 16.2 Å². The van der Waals surface area contributed by atoms with Gasteiger partial charge >= 0.3 is 0 Å². The molecule has 2 aromatic carbocycles. The highest BCUT2D eigenvalue weighted by atomic mass is 35.5. The van der Waals surface area contributed by atoms with Crippen LogP contribution in [-0.2, 0) is 21.3 Å². The first-order chi connectivity index (χ1) is 16.2. The standard InChI is InChI=1S/C23H21ClN6O3S/c1-14-27-28-23-20(13-33-34(3,31)32)26-22(15-4-7-18(24)8-5-15)19-10-16(6-9-21(19)30(14)23)17-11-25-29(2)12-17/h4-12,20H,13H2,1-3H3/t20-/m0/s1. The highest BCUT2D eigenvalue weighted by Crippen LogP contribution is 2.34. The number of rotatable bonds is 5. The van der Waals surface area contributed by atoms with Crippen LogP contribution in [0.4, 0.5) is 0 Å². The molecule has 4 aromatic rings. The van der Waals surface area contributed by atoms with Gasteiger partial charge in [-0.1, -0.05) is 29.8 Å². The molecule has 0 saturated heterocycles. The second-order valence-corrected chi connectivity index (χ2v) is 10.1. The lowest BCUT2D eigenvalue weighted by atomic mass is 9.96. The zero-order chi connectivity index (χ0) is 24.0. The molecule has 0 saturated carbocycles. The first kappa shape index (κ1) is 22.5. The summed E-state index contributed by atoms with van der Waals surface area (Å²) in [4.78, 5) is 4.95. The van der Waals surface area contributed by atoms with Gasteiger partial charge in [0.05, 0.1) is 30.5 Å². The summed E-state index contributed by atoms with van der Waals surface area (Å²) in [6.45, 7) is 1.65. The SMILES string of the molecule is Cc1nnc2n1-c1ccc(-c3cnn(C)c3)cc1C(c1ccc(Cl)cc1)=N[C@H]2COS(C)(=O)=O. The third-order valence-corrected chi connectivity index (χ3v) is 6.34. The Balaban J connectivity index is 1.75. The van der Waals surface area contributed by atoms with Gasteiger partial charge in [0.2, 0.25) is 0 Å². The number of aromatic nitrogens is 5. The zero-order valence-electron chi connectivity index (χ0n) is 18.7. The molecule has 1 aliphatic heterocycles. The van der Waals surface area contributed by atoms with Crippen LogP contribution in [0, 0.1) is 6.92 Å². The molecule has 9 nitrogen and oxygen atoms in total. The Morgan fingerprint density at radius 2 is 1.79 bits per heavy atom. The first-order valence-corrected chi connectivity index (χ1v) is 12.6. The number of hydrogen-bond donors (Lipinski definition) is 0. The quantitative estimate of drug-likeness (QED) is 0.392. The molecule has 0 radical (unpaired) electrons. The Morgan fingerprint density at radius 1 is 1.06 bits per heavy atom. The van der Waals surface area contributed by atoms with Gasteiger partial charge in [0.1, 0.15) is 11.9 Å². The normalized spacial score (nSPS) is 15.4. The van der Waals surface area contributed by atoms with Crippen molar-refractivity contribution in [2.24, 2.45) is 12.0 Å². The van der Waals surface area contributed by atoms with Crippen LogP contribution in [0.5, 0.6) is 0 Å². The van der Waals surface area contributed by atoms with Gasteiger partial charge in [0, 0.05) is 35.0 Å². The molecular formula is C23H21ClN6O3S. The molecule has 2 aromatic heterocycles. The molecule has 0 spiro atoms. The average Bonchev–Trinajstić information content (AvgIpc) is 3.36. The fraction of sp³-hybridized carbons (Fsp3) is 0.217. The van der Waals surface area contributed by atoms with Crippen molar-refractivity contribution in [1.82, 2.24) is 24.5 Å². The van der Waals surface area contributed by atoms with Gasteiger partial charge in [-0.05, 0) is 36.8 Å². The van der Waals surface area contributed by atoms with Gasteiger partial charge in [-0.3, -0.25) is 18.4 Å². The minimum absolute atomic E-state index is 0.197. The number of nitrogens with zero attached hydrogens (tertiary/aromatic N) is 6. The Kier molecular flexibility index (Phi) is 5.59. The number of aliphatic imine (C=N–C) groups is 1. The molecule has 1 atom stereocenters. The molecule has 0 unspecified atom stereocenters. The van der Waals surface area contributed by atoms with Gasteiger partial charge < -0.3 is 0 Å². The van der Waals surface area contributed by atoms with E-state index >= 15 is 0 Å². The molecule has 1 aliphatic rings. The molecular weight excluding hydrogens is 476 g/mol. The fourth-order valence-electron chi connectivity index (χ4n) is 3.98. The maximum absolute atomic E-state index is 11.8. The van der Waals surface area contributed by atoms with Crippen LogP contribution in [0.1, 0.15) is 28.8 Å². The van der Waals surface area contributed by atoms with Crippen LogP contribution in [-0.4, -0.2) is 51.5 Å². The molecule has 5 rings (SSSR count). The van der Waals surface area contributed by atoms with Crippen molar-refractivity contribution in [3.8, 4) is 16.8 Å². The highest BCUT2D eigenvalue weighted by molar-refractivity contribution is 7.85. The monoisotopic (exact) mass is 496 g/mol. The Labute approximate surface area is 201 Å². The molecule has 0 amide bonds. The van der Waals surface area contributed by atoms with Crippen molar-refractivity contribution in [2.75, 3.05) is 12.9 Å². The van der Waals surface area contributed by atoms with Crippen LogP contribution in [0.15, 0.2) is 59.9 Å². The van der Waals surface area contributed by atoms with Crippen LogP contribution in [0.3, 0.4) is 0 Å². The zero-order valence-corrected chi connectivity index (χ0v) is 20.2. The predicted molar refractivity (Wildman–Crippen MR) is 129 cm³/mol. The lowest BCUT2D eigenvalue weighted by Crippen LogP contribution is -2.15. The molecule has 0 N–H and O–H groups in total. The van der Waals surface area contributed by atoms with Crippen molar-refractivity contribution in [2.45, 2.75) is 13.0 Å². The predicted octanol–water partition coefficient (Wildman–Crippen LogP) is 3.50. The first-order valence-electron chi connectivity index (χ1n) is 10.4. The maximum Gasteiger partial charge on any atom is 0.264 e. The topological polar surface area (TPSA) is 104 Å². The van der Waals surface area contributed by atoms with Gasteiger partial charge in [0.25, 0.3) is 10.1 Å². The number of aryl methyl sites for hydroxylation is 2. The minimum Gasteiger partial charge on any atom is -0.281 e. The van der Waals surface area contributed by atoms with E-state index in [4.69, 9.17) is 20.8 Å². The summed E-state index contributed by atoms with van der Waals surface area (Å²) in [6, 6.07) is 12.7. The molecule has 11 heteroatoms.